The van der Waals surface area contributed by atoms with E-state index in [0.717, 1.165) is 0 Å². The number of nitrogens with zero attached hydrogens (tertiary/aromatic N) is 1. The third kappa shape index (κ3) is 2.65. The van der Waals surface area contributed by atoms with E-state index in [2.05, 4.69) is 17.4 Å². The van der Waals surface area contributed by atoms with Gasteiger partial charge in [0.15, 0.2) is 0 Å². The summed E-state index contributed by atoms with van der Waals surface area (Å²) < 4.78 is 0. The van der Waals surface area contributed by atoms with Crippen LogP contribution in [-0.4, -0.2) is 41.0 Å². The van der Waals surface area contributed by atoms with E-state index in [-0.39, 0.29) is 17.9 Å². The van der Waals surface area contributed by atoms with Crippen LogP contribution in [0.4, 0.5) is 0 Å². The van der Waals surface area contributed by atoms with Crippen molar-refractivity contribution in [3.8, 4) is 0 Å². The molecule has 0 aromatic heterocycles. The van der Waals surface area contributed by atoms with Crippen LogP contribution in [0.2, 0.25) is 0 Å². The van der Waals surface area contributed by atoms with Crippen molar-refractivity contribution in [3.63, 3.8) is 0 Å². The van der Waals surface area contributed by atoms with Gasteiger partial charge in [0.05, 0.1) is 12.0 Å². The Morgan fingerprint density at radius 1 is 1.24 bits per heavy atom. The van der Waals surface area contributed by atoms with E-state index in [1.807, 2.05) is 19.1 Å². The smallest absolute Gasteiger partial charge is 0.308 e. The van der Waals surface area contributed by atoms with Crippen molar-refractivity contribution in [1.29, 1.82) is 0 Å². The molecule has 5 heteroatoms. The molecule has 0 unspecified atom stereocenters. The number of carbonyl (C=O) groups is 2. The average molecular weight is 288 g/mol. The zero-order chi connectivity index (χ0) is 15.0. The molecule has 1 saturated heterocycles. The molecule has 1 fully saturated rings. The Kier molecular flexibility index (Phi) is 3.68. The molecule has 3 atom stereocenters. The first-order chi connectivity index (χ1) is 10.1. The number of fused-ring (bicyclic) bond motifs is 1. The lowest BCUT2D eigenvalue weighted by Gasteiger charge is -2.29. The van der Waals surface area contributed by atoms with Gasteiger partial charge in [0, 0.05) is 19.6 Å². The van der Waals surface area contributed by atoms with Crippen molar-refractivity contribution in [1.82, 2.24) is 10.2 Å². The number of benzene rings is 1. The Hall–Kier alpha value is -1.88. The van der Waals surface area contributed by atoms with Crippen molar-refractivity contribution in [2.75, 3.05) is 13.1 Å². The zero-order valence-corrected chi connectivity index (χ0v) is 12.1. The highest BCUT2D eigenvalue weighted by molar-refractivity contribution is 5.84. The molecule has 3 rings (SSSR count). The lowest BCUT2D eigenvalue weighted by Crippen LogP contribution is -2.49. The normalized spacial score (nSPS) is 28.2. The highest BCUT2D eigenvalue weighted by Gasteiger charge is 2.39. The third-order valence-corrected chi connectivity index (χ3v) is 4.62. The Bertz CT molecular complexity index is 572. The van der Waals surface area contributed by atoms with Crippen LogP contribution in [-0.2, 0) is 22.6 Å². The molecule has 1 aromatic rings. The summed E-state index contributed by atoms with van der Waals surface area (Å²) in [6.45, 7) is 3.46. The Morgan fingerprint density at radius 2 is 1.95 bits per heavy atom. The predicted octanol–water partition coefficient (Wildman–Crippen LogP) is 0.880. The minimum atomic E-state index is -0.806. The van der Waals surface area contributed by atoms with E-state index >= 15 is 0 Å². The Morgan fingerprint density at radius 3 is 2.62 bits per heavy atom. The molecular weight excluding hydrogens is 268 g/mol. The molecule has 0 saturated carbocycles. The van der Waals surface area contributed by atoms with Gasteiger partial charge in [-0.1, -0.05) is 31.2 Å². The molecule has 1 amide bonds. The topological polar surface area (TPSA) is 69.6 Å². The van der Waals surface area contributed by atoms with Crippen molar-refractivity contribution < 1.29 is 14.7 Å². The summed E-state index contributed by atoms with van der Waals surface area (Å²) >= 11 is 0. The molecule has 0 aliphatic carbocycles. The van der Waals surface area contributed by atoms with Crippen LogP contribution in [0.1, 0.15) is 18.1 Å². The van der Waals surface area contributed by atoms with Gasteiger partial charge in [-0.25, -0.2) is 0 Å². The zero-order valence-electron chi connectivity index (χ0n) is 12.1. The number of amides is 1. The van der Waals surface area contributed by atoms with E-state index in [1.165, 1.54) is 11.1 Å². The summed E-state index contributed by atoms with van der Waals surface area (Å²) in [6.07, 6.45) is 0.678. The van der Waals surface area contributed by atoms with Gasteiger partial charge in [-0.05, 0) is 23.5 Å². The molecule has 2 aliphatic heterocycles. The van der Waals surface area contributed by atoms with Crippen LogP contribution in [0, 0.1) is 11.8 Å². The van der Waals surface area contributed by atoms with Crippen LogP contribution in [0.15, 0.2) is 24.3 Å². The van der Waals surface area contributed by atoms with E-state index in [0.29, 0.717) is 26.1 Å². The summed E-state index contributed by atoms with van der Waals surface area (Å²) in [4.78, 5) is 25.5. The number of hydrogen-bond acceptors (Lipinski definition) is 3. The summed E-state index contributed by atoms with van der Waals surface area (Å²) in [5.74, 6) is -1.20. The predicted molar refractivity (Wildman–Crippen MR) is 77.6 cm³/mol. The third-order valence-electron chi connectivity index (χ3n) is 4.62. The fourth-order valence-electron chi connectivity index (χ4n) is 3.32. The number of carboxylic acid groups (broad SMARTS) is 1. The quantitative estimate of drug-likeness (QED) is 0.847. The summed E-state index contributed by atoms with van der Waals surface area (Å²) in [5, 5.41) is 12.4. The van der Waals surface area contributed by atoms with E-state index in [9.17, 15) is 14.7 Å². The van der Waals surface area contributed by atoms with Gasteiger partial charge in [-0.3, -0.25) is 9.59 Å². The molecule has 0 spiro atoms. The molecule has 5 nitrogen and oxygen atoms in total. The van der Waals surface area contributed by atoms with Crippen molar-refractivity contribution in [2.24, 2.45) is 11.8 Å². The lowest BCUT2D eigenvalue weighted by molar-refractivity contribution is -0.142. The van der Waals surface area contributed by atoms with Gasteiger partial charge >= 0.3 is 5.97 Å². The van der Waals surface area contributed by atoms with Crippen LogP contribution >= 0.6 is 0 Å². The number of rotatable bonds is 2. The first-order valence-corrected chi connectivity index (χ1v) is 7.38. The number of carboxylic acids is 1. The highest BCUT2D eigenvalue weighted by atomic mass is 16.4. The van der Waals surface area contributed by atoms with Crippen LogP contribution in [0.5, 0.6) is 0 Å². The first kappa shape index (κ1) is 14.1. The number of nitrogens with one attached hydrogen (secondary N) is 1. The van der Waals surface area contributed by atoms with E-state index in [4.69, 9.17) is 0 Å². The van der Waals surface area contributed by atoms with Gasteiger partial charge < -0.3 is 15.3 Å². The maximum Gasteiger partial charge on any atom is 0.308 e. The van der Waals surface area contributed by atoms with Gasteiger partial charge in [0.2, 0.25) is 5.91 Å². The van der Waals surface area contributed by atoms with E-state index in [1.54, 1.807) is 4.90 Å². The number of hydrogen-bond donors (Lipinski definition) is 2. The molecule has 0 bridgehead atoms. The van der Waals surface area contributed by atoms with Gasteiger partial charge in [0.1, 0.15) is 0 Å². The fraction of sp³-hybridized carbons (Fsp3) is 0.500. The number of carbonyl (C=O) groups excluding carboxylic acids is 1. The van der Waals surface area contributed by atoms with Crippen LogP contribution in [0.25, 0.3) is 0 Å². The monoisotopic (exact) mass is 288 g/mol. The average Bonchev–Trinajstić information content (AvgIpc) is 2.88. The molecule has 2 N–H and O–H groups in total. The van der Waals surface area contributed by atoms with Crippen molar-refractivity contribution in [2.45, 2.75) is 25.9 Å². The second-order valence-electron chi connectivity index (χ2n) is 6.07. The summed E-state index contributed by atoms with van der Waals surface area (Å²) in [7, 11) is 0. The SMILES string of the molecule is C[C@@H]1CN(C(=O)[C@@H]2Cc3ccccc3CN2)C[C@H]1C(=O)O. The number of likely N-dealkylation sites (tertiary alicyclic amines) is 1. The first-order valence-electron chi connectivity index (χ1n) is 7.38. The van der Waals surface area contributed by atoms with Gasteiger partial charge in [0.25, 0.3) is 0 Å². The van der Waals surface area contributed by atoms with Crippen molar-refractivity contribution >= 4 is 11.9 Å². The van der Waals surface area contributed by atoms with E-state index < -0.39 is 11.9 Å². The number of aliphatic carboxylic acids is 1. The minimum absolute atomic E-state index is 0.0160. The summed E-state index contributed by atoms with van der Waals surface area (Å²) in [5.41, 5.74) is 2.44. The maximum atomic E-state index is 12.6. The Labute approximate surface area is 123 Å². The minimum Gasteiger partial charge on any atom is -0.481 e. The van der Waals surface area contributed by atoms with Crippen molar-refractivity contribution in [3.05, 3.63) is 35.4 Å². The standard InChI is InChI=1S/C16H20N2O3/c1-10-8-18(9-13(10)16(20)21)15(19)14-6-11-4-2-3-5-12(11)7-17-14/h2-5,10,13-14,17H,6-9H2,1H3,(H,20,21)/t10-,13-,14+/m1/s1. The maximum absolute atomic E-state index is 12.6. The Balaban J connectivity index is 1.69. The molecule has 2 heterocycles. The molecule has 1 aromatic carbocycles. The van der Waals surface area contributed by atoms with Gasteiger partial charge in [-0.15, -0.1) is 0 Å². The second kappa shape index (κ2) is 5.48. The van der Waals surface area contributed by atoms with Crippen LogP contribution in [0.3, 0.4) is 0 Å². The fourth-order valence-corrected chi connectivity index (χ4v) is 3.32. The molecule has 21 heavy (non-hydrogen) atoms. The van der Waals surface area contributed by atoms with Gasteiger partial charge in [-0.2, -0.15) is 0 Å². The lowest BCUT2D eigenvalue weighted by atomic mass is 9.95. The molecule has 2 aliphatic rings. The molecule has 112 valence electrons. The summed E-state index contributed by atoms with van der Waals surface area (Å²) in [6, 6.07) is 7.89. The second-order valence-corrected chi connectivity index (χ2v) is 6.07. The highest BCUT2D eigenvalue weighted by Crippen LogP contribution is 2.25. The largest absolute Gasteiger partial charge is 0.481 e. The van der Waals surface area contributed by atoms with Crippen LogP contribution < -0.4 is 5.32 Å². The molecule has 0 radical (unpaired) electrons. The molecular formula is C16H20N2O3.